The summed E-state index contributed by atoms with van der Waals surface area (Å²) < 4.78 is 5.33. The lowest BCUT2D eigenvalue weighted by Crippen LogP contribution is -2.61. The van der Waals surface area contributed by atoms with Gasteiger partial charge in [-0.2, -0.15) is 0 Å². The van der Waals surface area contributed by atoms with Crippen molar-refractivity contribution in [1.82, 2.24) is 4.90 Å². The number of nitrogens with two attached hydrogens (primary N) is 1. The van der Waals surface area contributed by atoms with E-state index in [2.05, 4.69) is 39.6 Å². The molecule has 0 aromatic heterocycles. The van der Waals surface area contributed by atoms with Crippen LogP contribution in [0, 0.1) is 0 Å². The summed E-state index contributed by atoms with van der Waals surface area (Å²) in [7, 11) is 3.89. The fourth-order valence-electron chi connectivity index (χ4n) is 1.92. The van der Waals surface area contributed by atoms with Crippen LogP contribution >= 0.6 is 0 Å². The molecule has 0 heterocycles. The van der Waals surface area contributed by atoms with Gasteiger partial charge in [0.05, 0.1) is 12.1 Å². The summed E-state index contributed by atoms with van der Waals surface area (Å²) in [5.74, 6) is 0. The van der Waals surface area contributed by atoms with Gasteiger partial charge in [-0.1, -0.05) is 13.8 Å². The number of methoxy groups -OCH3 is 1. The molecular formula is C12H28N2O. The van der Waals surface area contributed by atoms with Crippen molar-refractivity contribution in [2.45, 2.75) is 51.6 Å². The van der Waals surface area contributed by atoms with Crippen LogP contribution < -0.4 is 5.73 Å². The Kier molecular flexibility index (Phi) is 5.78. The molecule has 3 nitrogen and oxygen atoms in total. The molecule has 1 atom stereocenters. The van der Waals surface area contributed by atoms with Gasteiger partial charge in [-0.3, -0.25) is 4.90 Å². The largest absolute Gasteiger partial charge is 0.383 e. The highest BCUT2D eigenvalue weighted by atomic mass is 16.5. The number of ether oxygens (including phenoxy) is 1. The second-order valence-corrected chi connectivity index (χ2v) is 4.94. The average Bonchev–Trinajstić information content (AvgIpc) is 2.25. The third-order valence-electron chi connectivity index (χ3n) is 3.94. The van der Waals surface area contributed by atoms with Crippen LogP contribution in [0.1, 0.15) is 40.5 Å². The lowest BCUT2D eigenvalue weighted by molar-refractivity contribution is -0.0290. The highest BCUT2D eigenvalue weighted by Gasteiger charge is 2.38. The van der Waals surface area contributed by atoms with Crippen molar-refractivity contribution in [2.24, 2.45) is 5.73 Å². The fraction of sp³-hybridized carbons (Fsp3) is 1.00. The summed E-state index contributed by atoms with van der Waals surface area (Å²) in [6, 6.07) is 0. The van der Waals surface area contributed by atoms with Crippen LogP contribution in [0.5, 0.6) is 0 Å². The molecule has 0 fully saturated rings. The summed E-state index contributed by atoms with van der Waals surface area (Å²) in [5.41, 5.74) is 6.06. The van der Waals surface area contributed by atoms with Gasteiger partial charge in [0.25, 0.3) is 0 Å². The maximum Gasteiger partial charge on any atom is 0.0658 e. The predicted octanol–water partition coefficient (Wildman–Crippen LogP) is 1.86. The molecule has 0 bridgehead atoms. The molecule has 0 amide bonds. The maximum atomic E-state index is 5.93. The first-order valence-corrected chi connectivity index (χ1v) is 5.83. The van der Waals surface area contributed by atoms with Crippen molar-refractivity contribution in [3.63, 3.8) is 0 Å². The molecule has 2 N–H and O–H groups in total. The second-order valence-electron chi connectivity index (χ2n) is 4.94. The van der Waals surface area contributed by atoms with E-state index in [1.807, 2.05) is 0 Å². The highest BCUT2D eigenvalue weighted by molar-refractivity contribution is 4.95. The van der Waals surface area contributed by atoms with Gasteiger partial charge in [-0.05, 0) is 33.7 Å². The molecule has 0 aromatic rings. The molecule has 0 saturated heterocycles. The van der Waals surface area contributed by atoms with E-state index >= 15 is 0 Å². The summed E-state index contributed by atoms with van der Waals surface area (Å²) in [6.07, 6.45) is 2.12. The monoisotopic (exact) mass is 216 g/mol. The molecule has 0 aliphatic heterocycles. The third-order valence-corrected chi connectivity index (χ3v) is 3.94. The average molecular weight is 216 g/mol. The smallest absolute Gasteiger partial charge is 0.0658 e. The summed E-state index contributed by atoms with van der Waals surface area (Å²) >= 11 is 0. The Morgan fingerprint density at radius 3 is 2.00 bits per heavy atom. The van der Waals surface area contributed by atoms with Gasteiger partial charge >= 0.3 is 0 Å². The van der Waals surface area contributed by atoms with E-state index < -0.39 is 0 Å². The molecule has 0 aliphatic carbocycles. The zero-order chi connectivity index (χ0) is 12.1. The van der Waals surface area contributed by atoms with Crippen molar-refractivity contribution in [3.8, 4) is 0 Å². The number of hydrogen-bond acceptors (Lipinski definition) is 3. The topological polar surface area (TPSA) is 38.5 Å². The van der Waals surface area contributed by atoms with Crippen molar-refractivity contribution >= 4 is 0 Å². The minimum atomic E-state index is -0.0335. The van der Waals surface area contributed by atoms with E-state index in [1.165, 1.54) is 0 Å². The first kappa shape index (κ1) is 14.9. The predicted molar refractivity (Wildman–Crippen MR) is 66.1 cm³/mol. The van der Waals surface area contributed by atoms with Crippen molar-refractivity contribution in [2.75, 3.05) is 27.3 Å². The Hall–Kier alpha value is -0.120. The molecule has 1 unspecified atom stereocenters. The number of nitrogens with zero attached hydrogens (tertiary/aromatic N) is 1. The normalized spacial score (nSPS) is 16.8. The Bertz CT molecular complexity index is 176. The number of hydrogen-bond donors (Lipinski definition) is 1. The highest BCUT2D eigenvalue weighted by Crippen LogP contribution is 2.28. The number of rotatable bonds is 7. The molecule has 15 heavy (non-hydrogen) atoms. The van der Waals surface area contributed by atoms with Gasteiger partial charge < -0.3 is 10.5 Å². The van der Waals surface area contributed by atoms with Gasteiger partial charge in [0, 0.05) is 19.2 Å². The van der Waals surface area contributed by atoms with E-state index in [9.17, 15) is 0 Å². The van der Waals surface area contributed by atoms with Gasteiger partial charge in [-0.25, -0.2) is 0 Å². The molecular weight excluding hydrogens is 188 g/mol. The van der Waals surface area contributed by atoms with Gasteiger partial charge in [0.2, 0.25) is 0 Å². The van der Waals surface area contributed by atoms with Crippen molar-refractivity contribution < 1.29 is 4.74 Å². The van der Waals surface area contributed by atoms with Crippen LogP contribution in [0.25, 0.3) is 0 Å². The summed E-state index contributed by atoms with van der Waals surface area (Å²) in [6.45, 7) is 10.2. The molecule has 92 valence electrons. The Morgan fingerprint density at radius 2 is 1.73 bits per heavy atom. The molecule has 0 radical (unpaired) electrons. The van der Waals surface area contributed by atoms with Crippen molar-refractivity contribution in [1.29, 1.82) is 0 Å². The van der Waals surface area contributed by atoms with Gasteiger partial charge in [0.1, 0.15) is 0 Å². The molecule has 0 spiro atoms. The SMILES string of the molecule is CCC(C)(C)N(C)C(CC)(CN)COC. The van der Waals surface area contributed by atoms with Crippen LogP contribution in [0.2, 0.25) is 0 Å². The Balaban J connectivity index is 4.90. The minimum absolute atomic E-state index is 0.0335. The molecule has 0 aromatic carbocycles. The lowest BCUT2D eigenvalue weighted by atomic mass is 9.88. The number of likely N-dealkylation sites (N-methyl/N-ethyl adjacent to an activating group) is 1. The molecule has 0 aliphatic rings. The van der Waals surface area contributed by atoms with Gasteiger partial charge in [-0.15, -0.1) is 0 Å². The van der Waals surface area contributed by atoms with Crippen molar-refractivity contribution in [3.05, 3.63) is 0 Å². The van der Waals surface area contributed by atoms with Crippen LogP contribution in [0.15, 0.2) is 0 Å². The quantitative estimate of drug-likeness (QED) is 0.706. The van der Waals surface area contributed by atoms with E-state index in [0.717, 1.165) is 12.8 Å². The standard InChI is InChI=1S/C12H28N2O/c1-7-11(3,4)14(5)12(8-2,9-13)10-15-6/h7-10,13H2,1-6H3. The zero-order valence-electron chi connectivity index (χ0n) is 11.3. The molecule has 0 saturated carbocycles. The van der Waals surface area contributed by atoms with Crippen LogP contribution in [-0.2, 0) is 4.74 Å². The van der Waals surface area contributed by atoms with E-state index in [0.29, 0.717) is 13.2 Å². The minimum Gasteiger partial charge on any atom is -0.383 e. The zero-order valence-corrected chi connectivity index (χ0v) is 11.3. The van der Waals surface area contributed by atoms with E-state index in [-0.39, 0.29) is 11.1 Å². The molecule has 0 rings (SSSR count). The molecule has 3 heteroatoms. The first-order chi connectivity index (χ1) is 6.90. The lowest BCUT2D eigenvalue weighted by Gasteiger charge is -2.48. The second kappa shape index (κ2) is 5.83. The van der Waals surface area contributed by atoms with Crippen LogP contribution in [0.3, 0.4) is 0 Å². The van der Waals surface area contributed by atoms with E-state index in [1.54, 1.807) is 7.11 Å². The third kappa shape index (κ3) is 3.16. The van der Waals surface area contributed by atoms with Crippen LogP contribution in [-0.4, -0.2) is 43.3 Å². The fourth-order valence-corrected chi connectivity index (χ4v) is 1.92. The summed E-state index contributed by atoms with van der Waals surface area (Å²) in [5, 5.41) is 0. The Morgan fingerprint density at radius 1 is 1.20 bits per heavy atom. The van der Waals surface area contributed by atoms with E-state index in [4.69, 9.17) is 10.5 Å². The van der Waals surface area contributed by atoms with Gasteiger partial charge in [0.15, 0.2) is 0 Å². The summed E-state index contributed by atoms with van der Waals surface area (Å²) in [4.78, 5) is 2.38. The van der Waals surface area contributed by atoms with Crippen LogP contribution in [0.4, 0.5) is 0 Å². The Labute approximate surface area is 95.0 Å². The first-order valence-electron chi connectivity index (χ1n) is 5.83. The maximum absolute atomic E-state index is 5.93.